The third-order valence-corrected chi connectivity index (χ3v) is 2.41. The average Bonchev–Trinajstić information content (AvgIpc) is 2.38. The van der Waals surface area contributed by atoms with Gasteiger partial charge >= 0.3 is 5.97 Å². The molecule has 2 aromatic rings. The second-order valence-electron chi connectivity index (χ2n) is 3.57. The molecule has 0 aliphatic carbocycles. The Hall–Kier alpha value is -2.30. The molecule has 86 valence electrons. The molecule has 5 nitrogen and oxygen atoms in total. The molecule has 0 saturated carbocycles. The van der Waals surface area contributed by atoms with Crippen molar-refractivity contribution in [3.8, 4) is 0 Å². The first-order valence-corrected chi connectivity index (χ1v) is 5.15. The van der Waals surface area contributed by atoms with E-state index in [1.165, 1.54) is 0 Å². The number of pyridine rings is 1. The van der Waals surface area contributed by atoms with Crippen molar-refractivity contribution in [1.29, 1.82) is 0 Å². The molecule has 0 fully saturated rings. The fourth-order valence-corrected chi connectivity index (χ4v) is 1.64. The lowest BCUT2D eigenvalue weighted by atomic mass is 9.94. The number of hydrogen-bond donors (Lipinski definition) is 1. The van der Waals surface area contributed by atoms with Gasteiger partial charge in [-0.05, 0) is 11.6 Å². The first kappa shape index (κ1) is 11.2. The highest BCUT2D eigenvalue weighted by Gasteiger charge is 2.19. The summed E-state index contributed by atoms with van der Waals surface area (Å²) in [6.45, 7) is 0. The van der Waals surface area contributed by atoms with E-state index < -0.39 is 5.97 Å². The van der Waals surface area contributed by atoms with E-state index in [1.54, 1.807) is 37.1 Å². The van der Waals surface area contributed by atoms with Crippen LogP contribution in [0.2, 0.25) is 0 Å². The van der Waals surface area contributed by atoms with Crippen molar-refractivity contribution >= 4 is 5.97 Å². The first-order chi connectivity index (χ1) is 8.27. The third kappa shape index (κ3) is 2.84. The largest absolute Gasteiger partial charge is 0.481 e. The lowest BCUT2D eigenvalue weighted by Gasteiger charge is -2.13. The van der Waals surface area contributed by atoms with Gasteiger partial charge in [0.2, 0.25) is 0 Å². The van der Waals surface area contributed by atoms with E-state index >= 15 is 0 Å². The Kier molecular flexibility index (Phi) is 3.40. The summed E-state index contributed by atoms with van der Waals surface area (Å²) in [5.41, 5.74) is 1.47. The minimum absolute atomic E-state index is 0.0234. The number of carboxylic acids is 1. The van der Waals surface area contributed by atoms with Gasteiger partial charge in [0.1, 0.15) is 0 Å². The number of aliphatic carboxylic acids is 1. The molecule has 0 radical (unpaired) electrons. The molecule has 0 spiro atoms. The molecule has 5 heteroatoms. The van der Waals surface area contributed by atoms with Crippen LogP contribution in [-0.4, -0.2) is 26.0 Å². The van der Waals surface area contributed by atoms with Gasteiger partial charge in [0.05, 0.1) is 12.1 Å². The minimum Gasteiger partial charge on any atom is -0.481 e. The Morgan fingerprint density at radius 3 is 2.65 bits per heavy atom. The summed E-state index contributed by atoms with van der Waals surface area (Å²) in [5.74, 6) is -1.18. The van der Waals surface area contributed by atoms with E-state index in [-0.39, 0.29) is 12.3 Å². The quantitative estimate of drug-likeness (QED) is 0.859. The van der Waals surface area contributed by atoms with Gasteiger partial charge in [-0.25, -0.2) is 0 Å². The molecule has 0 aliphatic rings. The molecule has 1 atom stereocenters. The monoisotopic (exact) mass is 229 g/mol. The van der Waals surface area contributed by atoms with E-state index in [9.17, 15) is 4.79 Å². The SMILES string of the molecule is O=C(O)CC(c1cccnc1)c1cnccn1. The van der Waals surface area contributed by atoms with Crippen LogP contribution < -0.4 is 0 Å². The van der Waals surface area contributed by atoms with Crippen molar-refractivity contribution in [1.82, 2.24) is 15.0 Å². The number of rotatable bonds is 4. The maximum absolute atomic E-state index is 10.9. The maximum atomic E-state index is 10.9. The lowest BCUT2D eigenvalue weighted by molar-refractivity contribution is -0.137. The van der Waals surface area contributed by atoms with Crippen LogP contribution in [0.3, 0.4) is 0 Å². The predicted molar refractivity (Wildman–Crippen MR) is 60.4 cm³/mol. The maximum Gasteiger partial charge on any atom is 0.304 e. The fourth-order valence-electron chi connectivity index (χ4n) is 1.64. The van der Waals surface area contributed by atoms with Gasteiger partial charge in [0.15, 0.2) is 0 Å². The average molecular weight is 229 g/mol. The van der Waals surface area contributed by atoms with Crippen LogP contribution in [0.1, 0.15) is 23.6 Å². The zero-order valence-corrected chi connectivity index (χ0v) is 9.02. The van der Waals surface area contributed by atoms with Crippen molar-refractivity contribution in [3.05, 3.63) is 54.4 Å². The number of hydrogen-bond acceptors (Lipinski definition) is 4. The van der Waals surface area contributed by atoms with Crippen LogP contribution in [0.25, 0.3) is 0 Å². The van der Waals surface area contributed by atoms with E-state index in [4.69, 9.17) is 5.11 Å². The van der Waals surface area contributed by atoms with Crippen LogP contribution in [0, 0.1) is 0 Å². The van der Waals surface area contributed by atoms with Crippen molar-refractivity contribution in [2.75, 3.05) is 0 Å². The molecular weight excluding hydrogens is 218 g/mol. The highest BCUT2D eigenvalue weighted by molar-refractivity contribution is 5.68. The topological polar surface area (TPSA) is 76.0 Å². The standard InChI is InChI=1S/C12H11N3O2/c16-12(17)6-10(9-2-1-3-13-7-9)11-8-14-4-5-15-11/h1-5,7-8,10H,6H2,(H,16,17). The summed E-state index contributed by atoms with van der Waals surface area (Å²) >= 11 is 0. The van der Waals surface area contributed by atoms with Crippen molar-refractivity contribution in [3.63, 3.8) is 0 Å². The van der Waals surface area contributed by atoms with Crippen molar-refractivity contribution < 1.29 is 9.90 Å². The molecular formula is C12H11N3O2. The fraction of sp³-hybridized carbons (Fsp3) is 0.167. The molecule has 17 heavy (non-hydrogen) atoms. The van der Waals surface area contributed by atoms with Crippen LogP contribution in [-0.2, 0) is 4.79 Å². The Bertz CT molecular complexity index is 448. The smallest absolute Gasteiger partial charge is 0.304 e. The molecule has 0 aromatic carbocycles. The summed E-state index contributed by atoms with van der Waals surface area (Å²) in [6.07, 6.45) is 7.98. The molecule has 0 aliphatic heterocycles. The molecule has 1 unspecified atom stereocenters. The van der Waals surface area contributed by atoms with Gasteiger partial charge in [-0.3, -0.25) is 19.7 Å². The number of carboxylic acid groups (broad SMARTS) is 1. The molecule has 1 N–H and O–H groups in total. The van der Waals surface area contributed by atoms with Gasteiger partial charge < -0.3 is 5.11 Å². The molecule has 0 bridgehead atoms. The summed E-state index contributed by atoms with van der Waals surface area (Å²) in [7, 11) is 0. The second kappa shape index (κ2) is 5.16. The third-order valence-electron chi connectivity index (χ3n) is 2.41. The molecule has 0 saturated heterocycles. The van der Waals surface area contributed by atoms with Crippen molar-refractivity contribution in [2.45, 2.75) is 12.3 Å². The second-order valence-corrected chi connectivity index (χ2v) is 3.57. The number of carbonyl (C=O) groups is 1. The first-order valence-electron chi connectivity index (χ1n) is 5.15. The highest BCUT2D eigenvalue weighted by atomic mass is 16.4. The molecule has 2 aromatic heterocycles. The zero-order chi connectivity index (χ0) is 12.1. The van der Waals surface area contributed by atoms with Gasteiger partial charge in [-0.2, -0.15) is 0 Å². The van der Waals surface area contributed by atoms with Crippen LogP contribution in [0.5, 0.6) is 0 Å². The van der Waals surface area contributed by atoms with Gasteiger partial charge in [-0.1, -0.05) is 6.07 Å². The number of aromatic nitrogens is 3. The lowest BCUT2D eigenvalue weighted by Crippen LogP contribution is -2.10. The van der Waals surface area contributed by atoms with Crippen LogP contribution in [0.15, 0.2) is 43.1 Å². The van der Waals surface area contributed by atoms with Crippen LogP contribution >= 0.6 is 0 Å². The normalized spacial score (nSPS) is 12.0. The van der Waals surface area contributed by atoms with E-state index in [1.807, 2.05) is 6.07 Å². The Balaban J connectivity index is 2.36. The summed E-state index contributed by atoms with van der Waals surface area (Å²) in [4.78, 5) is 23.0. The van der Waals surface area contributed by atoms with Gasteiger partial charge in [0.25, 0.3) is 0 Å². The van der Waals surface area contributed by atoms with E-state index in [0.717, 1.165) is 5.56 Å². The van der Waals surface area contributed by atoms with Gasteiger partial charge in [0, 0.05) is 36.9 Å². The zero-order valence-electron chi connectivity index (χ0n) is 9.02. The minimum atomic E-state index is -0.871. The summed E-state index contributed by atoms with van der Waals surface area (Å²) in [6, 6.07) is 3.62. The Morgan fingerprint density at radius 2 is 2.06 bits per heavy atom. The van der Waals surface area contributed by atoms with E-state index in [2.05, 4.69) is 15.0 Å². The summed E-state index contributed by atoms with van der Waals surface area (Å²) < 4.78 is 0. The van der Waals surface area contributed by atoms with Crippen LogP contribution in [0.4, 0.5) is 0 Å². The molecule has 2 heterocycles. The summed E-state index contributed by atoms with van der Waals surface area (Å²) in [5, 5.41) is 8.94. The Morgan fingerprint density at radius 1 is 1.24 bits per heavy atom. The van der Waals surface area contributed by atoms with E-state index in [0.29, 0.717) is 5.69 Å². The predicted octanol–water partition coefficient (Wildman–Crippen LogP) is 1.48. The highest BCUT2D eigenvalue weighted by Crippen LogP contribution is 2.25. The van der Waals surface area contributed by atoms with Crippen molar-refractivity contribution in [2.24, 2.45) is 0 Å². The number of nitrogens with zero attached hydrogens (tertiary/aromatic N) is 3. The molecule has 0 amide bonds. The Labute approximate surface area is 98.2 Å². The van der Waals surface area contributed by atoms with Gasteiger partial charge in [-0.15, -0.1) is 0 Å². The molecule has 2 rings (SSSR count).